The van der Waals surface area contributed by atoms with Crippen molar-refractivity contribution in [1.29, 1.82) is 0 Å². The van der Waals surface area contributed by atoms with Gasteiger partial charge >= 0.3 is 5.97 Å². The number of aromatic nitrogens is 1. The van der Waals surface area contributed by atoms with E-state index in [0.717, 1.165) is 6.07 Å². The van der Waals surface area contributed by atoms with Crippen LogP contribution in [0.25, 0.3) is 0 Å². The van der Waals surface area contributed by atoms with E-state index >= 15 is 0 Å². The molecule has 0 aliphatic carbocycles. The summed E-state index contributed by atoms with van der Waals surface area (Å²) in [5.74, 6) is -0.919. The van der Waals surface area contributed by atoms with E-state index in [2.05, 4.69) is 15.0 Å². The lowest BCUT2D eigenvalue weighted by molar-refractivity contribution is -0.139. The van der Waals surface area contributed by atoms with Crippen molar-refractivity contribution in [3.05, 3.63) is 74.8 Å². The van der Waals surface area contributed by atoms with Gasteiger partial charge in [0.05, 0.1) is 18.4 Å². The molecule has 0 saturated carbocycles. The topological polar surface area (TPSA) is 93.1 Å². The summed E-state index contributed by atoms with van der Waals surface area (Å²) < 4.78 is 38.5. The monoisotopic (exact) mass is 550 g/mol. The minimum Gasteiger partial charge on any atom is -0.463 e. The molecule has 1 aromatic heterocycles. The molecule has 37 heavy (non-hydrogen) atoms. The van der Waals surface area contributed by atoms with Crippen LogP contribution >= 0.6 is 22.9 Å². The number of carbonyl (C=O) groups excluding carboxylic acids is 2. The van der Waals surface area contributed by atoms with E-state index in [-0.39, 0.29) is 42.6 Å². The van der Waals surface area contributed by atoms with E-state index in [1.165, 1.54) is 29.7 Å². The molecule has 0 amide bonds. The molecule has 1 aromatic carbocycles. The molecule has 3 unspecified atom stereocenters. The number of hydrogen-bond acceptors (Lipinski definition) is 9. The number of thiazole rings is 1. The summed E-state index contributed by atoms with van der Waals surface area (Å²) in [6.45, 7) is 2.90. The molecule has 0 spiro atoms. The third-order valence-electron chi connectivity index (χ3n) is 5.89. The fraction of sp³-hybridized carbons (Fsp3) is 0.360. The van der Waals surface area contributed by atoms with Gasteiger partial charge in [0.1, 0.15) is 18.0 Å². The lowest BCUT2D eigenvalue weighted by Crippen LogP contribution is -2.45. The molecule has 8 nitrogen and oxygen atoms in total. The molecular weight excluding hydrogens is 526 g/mol. The number of halogens is 3. The van der Waals surface area contributed by atoms with Gasteiger partial charge in [-0.3, -0.25) is 14.7 Å². The zero-order valence-electron chi connectivity index (χ0n) is 19.9. The predicted molar refractivity (Wildman–Crippen MR) is 135 cm³/mol. The molecule has 2 aromatic rings. The molecule has 0 radical (unpaired) electrons. The second kappa shape index (κ2) is 12.4. The van der Waals surface area contributed by atoms with Crippen LogP contribution < -0.4 is 5.32 Å². The van der Waals surface area contributed by atoms with Crippen LogP contribution in [0.1, 0.15) is 30.0 Å². The van der Waals surface area contributed by atoms with Gasteiger partial charge in [0.15, 0.2) is 10.8 Å². The Morgan fingerprint density at radius 3 is 2.92 bits per heavy atom. The van der Waals surface area contributed by atoms with Gasteiger partial charge in [0.2, 0.25) is 0 Å². The van der Waals surface area contributed by atoms with Crippen molar-refractivity contribution in [3.8, 4) is 0 Å². The summed E-state index contributed by atoms with van der Waals surface area (Å²) in [7, 11) is 0. The Morgan fingerprint density at radius 2 is 2.22 bits per heavy atom. The largest absolute Gasteiger partial charge is 0.463 e. The molecule has 4 rings (SSSR count). The Bertz CT molecular complexity index is 1220. The number of hydrogen-bond donors (Lipinski definition) is 1. The quantitative estimate of drug-likeness (QED) is 0.284. The van der Waals surface area contributed by atoms with Crippen molar-refractivity contribution in [2.75, 3.05) is 26.2 Å². The Balaban J connectivity index is 1.75. The number of esters is 1. The number of nitrogens with zero attached hydrogens (tertiary/aromatic N) is 3. The predicted octanol–water partition coefficient (Wildman–Crippen LogP) is 4.19. The molecule has 1 fully saturated rings. The Kier molecular flexibility index (Phi) is 9.01. The first kappa shape index (κ1) is 26.9. The van der Waals surface area contributed by atoms with E-state index in [9.17, 15) is 18.4 Å². The van der Waals surface area contributed by atoms with Gasteiger partial charge in [-0.2, -0.15) is 0 Å². The standard InChI is InChI=1S/C25H25ClF2N4O4S/c1-2-36-25(34)21-20(13-32-11-15(5-7-35-14-33)9-17(28)12-32)30-23(24-29-6-8-37-24)31-22(21)18-4-3-16(27)10-19(18)26/h3-8,10,14-15,17,22H,2,9,11-13H2,1H3,(H,30,31)/b7-5+. The van der Waals surface area contributed by atoms with Crippen molar-refractivity contribution in [3.63, 3.8) is 0 Å². The van der Waals surface area contributed by atoms with Gasteiger partial charge in [-0.1, -0.05) is 17.7 Å². The normalized spacial score (nSPS) is 22.5. The van der Waals surface area contributed by atoms with Gasteiger partial charge in [0.25, 0.3) is 6.47 Å². The number of piperidine rings is 1. The van der Waals surface area contributed by atoms with Crippen molar-refractivity contribution in [2.45, 2.75) is 25.6 Å². The molecule has 3 heterocycles. The van der Waals surface area contributed by atoms with Crippen LogP contribution in [0.4, 0.5) is 8.78 Å². The maximum absolute atomic E-state index is 14.7. The van der Waals surface area contributed by atoms with Crippen LogP contribution in [0.5, 0.6) is 0 Å². The van der Waals surface area contributed by atoms with Crippen molar-refractivity contribution < 1.29 is 27.8 Å². The van der Waals surface area contributed by atoms with Crippen LogP contribution in [-0.2, 0) is 19.1 Å². The summed E-state index contributed by atoms with van der Waals surface area (Å²) >= 11 is 7.75. The highest BCUT2D eigenvalue weighted by atomic mass is 35.5. The van der Waals surface area contributed by atoms with Crippen molar-refractivity contribution >= 4 is 41.2 Å². The lowest BCUT2D eigenvalue weighted by Gasteiger charge is -2.36. The zero-order valence-corrected chi connectivity index (χ0v) is 21.5. The highest BCUT2D eigenvalue weighted by molar-refractivity contribution is 7.11. The molecule has 2 aliphatic heterocycles. The maximum Gasteiger partial charge on any atom is 0.338 e. The van der Waals surface area contributed by atoms with E-state index in [1.807, 2.05) is 4.90 Å². The van der Waals surface area contributed by atoms with Crippen LogP contribution in [0.2, 0.25) is 5.02 Å². The van der Waals surface area contributed by atoms with Crippen LogP contribution in [0.3, 0.4) is 0 Å². The van der Waals surface area contributed by atoms with Crippen molar-refractivity contribution in [1.82, 2.24) is 15.2 Å². The third-order valence-corrected chi connectivity index (χ3v) is 6.99. The van der Waals surface area contributed by atoms with E-state index in [1.54, 1.807) is 24.6 Å². The second-order valence-electron chi connectivity index (χ2n) is 8.47. The number of amidine groups is 1. The molecule has 0 bridgehead atoms. The summed E-state index contributed by atoms with van der Waals surface area (Å²) in [6, 6.07) is 3.00. The number of rotatable bonds is 9. The molecule has 12 heteroatoms. The van der Waals surface area contributed by atoms with Gasteiger partial charge in [-0.15, -0.1) is 11.3 Å². The summed E-state index contributed by atoms with van der Waals surface area (Å²) in [5, 5.41) is 5.69. The molecule has 2 aliphatic rings. The summed E-state index contributed by atoms with van der Waals surface area (Å²) in [4.78, 5) is 34.6. The highest BCUT2D eigenvalue weighted by Gasteiger charge is 2.36. The van der Waals surface area contributed by atoms with Gasteiger partial charge in [0, 0.05) is 47.5 Å². The first-order valence-electron chi connectivity index (χ1n) is 11.6. The summed E-state index contributed by atoms with van der Waals surface area (Å²) in [5.41, 5.74) is 1.09. The van der Waals surface area contributed by atoms with E-state index in [4.69, 9.17) is 21.3 Å². The molecule has 1 N–H and O–H groups in total. The SMILES string of the molecule is CCOC(=O)C1=C(CN2CC(F)CC(/C=C/OC=O)C2)NC(c2nccs2)=NC1c1ccc(F)cc1Cl. The smallest absolute Gasteiger partial charge is 0.338 e. The number of carbonyl (C=O) groups is 2. The Morgan fingerprint density at radius 1 is 1.38 bits per heavy atom. The number of likely N-dealkylation sites (tertiary alicyclic amines) is 1. The average molecular weight is 551 g/mol. The first-order chi connectivity index (χ1) is 17.9. The number of alkyl halides is 1. The molecular formula is C25H25ClF2N4O4S. The number of benzene rings is 1. The van der Waals surface area contributed by atoms with E-state index in [0.29, 0.717) is 35.1 Å². The third kappa shape index (κ3) is 6.60. The van der Waals surface area contributed by atoms with Crippen molar-refractivity contribution in [2.24, 2.45) is 10.9 Å². The lowest BCUT2D eigenvalue weighted by atomic mass is 9.93. The second-order valence-corrected chi connectivity index (χ2v) is 9.77. The van der Waals surface area contributed by atoms with Crippen LogP contribution in [0.15, 0.2) is 58.4 Å². The van der Waals surface area contributed by atoms with Gasteiger partial charge in [-0.05, 0) is 37.5 Å². The van der Waals surface area contributed by atoms with Gasteiger partial charge in [-0.25, -0.2) is 18.6 Å². The molecule has 1 saturated heterocycles. The first-order valence-corrected chi connectivity index (χ1v) is 12.9. The van der Waals surface area contributed by atoms with Gasteiger partial charge < -0.3 is 14.8 Å². The average Bonchev–Trinajstić information content (AvgIpc) is 3.39. The summed E-state index contributed by atoms with van der Waals surface area (Å²) in [6.07, 6.45) is 3.68. The van der Waals surface area contributed by atoms with E-state index < -0.39 is 24.0 Å². The Labute approximate surface area is 221 Å². The molecule has 3 atom stereocenters. The zero-order chi connectivity index (χ0) is 26.4. The fourth-order valence-electron chi connectivity index (χ4n) is 4.41. The number of ether oxygens (including phenoxy) is 2. The van der Waals surface area contributed by atoms with Crippen LogP contribution in [0, 0.1) is 11.7 Å². The highest BCUT2D eigenvalue weighted by Crippen LogP contribution is 2.37. The van der Waals surface area contributed by atoms with Crippen LogP contribution in [-0.4, -0.2) is 60.6 Å². The maximum atomic E-state index is 14.7. The fourth-order valence-corrected chi connectivity index (χ4v) is 5.27. The minimum absolute atomic E-state index is 0.109. The molecule has 196 valence electrons. The number of nitrogens with one attached hydrogen (secondary N) is 1. The minimum atomic E-state index is -1.12. The Hall–Kier alpha value is -3.15. The number of aliphatic imine (C=N–C) groups is 1.